The number of hydrogen-bond donors (Lipinski definition) is 3. The number of carboxylic acids is 1. The fourth-order valence-corrected chi connectivity index (χ4v) is 2.71. The second-order valence-electron chi connectivity index (χ2n) is 5.25. The highest BCUT2D eigenvalue weighted by Gasteiger charge is 2.39. The first-order valence-electron chi connectivity index (χ1n) is 6.55. The molecule has 0 saturated carbocycles. The van der Waals surface area contributed by atoms with Gasteiger partial charge >= 0.3 is 12.0 Å². The van der Waals surface area contributed by atoms with Gasteiger partial charge in [0.1, 0.15) is 6.04 Å². The summed E-state index contributed by atoms with van der Waals surface area (Å²) in [5.74, 6) is -1.11. The van der Waals surface area contributed by atoms with Crippen LogP contribution in [0.1, 0.15) is 17.5 Å². The molecule has 114 valence electrons. The van der Waals surface area contributed by atoms with Gasteiger partial charge in [-0.3, -0.25) is 0 Å². The van der Waals surface area contributed by atoms with Crippen molar-refractivity contribution in [3.8, 4) is 0 Å². The Balaban J connectivity index is 2.16. The fourth-order valence-electron chi connectivity index (χ4n) is 2.49. The number of aliphatic carboxylic acids is 1. The Morgan fingerprint density at radius 1 is 1.33 bits per heavy atom. The van der Waals surface area contributed by atoms with Crippen LogP contribution in [0.15, 0.2) is 16.6 Å². The van der Waals surface area contributed by atoms with Crippen LogP contribution in [0.2, 0.25) is 0 Å². The Kier molecular flexibility index (Phi) is 4.53. The lowest BCUT2D eigenvalue weighted by Gasteiger charge is -2.22. The van der Waals surface area contributed by atoms with E-state index in [9.17, 15) is 14.7 Å². The number of anilines is 1. The van der Waals surface area contributed by atoms with Gasteiger partial charge in [-0.2, -0.15) is 0 Å². The van der Waals surface area contributed by atoms with E-state index in [4.69, 9.17) is 5.11 Å². The molecular weight excluding hydrogens is 340 g/mol. The molecule has 1 aromatic carbocycles. The first kappa shape index (κ1) is 15.8. The highest BCUT2D eigenvalue weighted by atomic mass is 79.9. The van der Waals surface area contributed by atoms with Crippen LogP contribution in [-0.2, 0) is 4.79 Å². The van der Waals surface area contributed by atoms with E-state index >= 15 is 0 Å². The Bertz CT molecular complexity index is 567. The topological polar surface area (TPSA) is 89.9 Å². The summed E-state index contributed by atoms with van der Waals surface area (Å²) in [5.41, 5.74) is 2.55. The standard InChI is InChI=1S/C14H17BrN2O4/c1-7-3-9(4-8(2)12(7)15)16-14(21)17-6-10(18)5-11(17)13(19)20/h3-4,10-11,18H,5-6H2,1-2H3,(H,16,21)(H,19,20)/t10?,11-/m0/s1. The second-order valence-corrected chi connectivity index (χ2v) is 6.04. The predicted molar refractivity (Wildman–Crippen MR) is 81.4 cm³/mol. The zero-order chi connectivity index (χ0) is 15.7. The van der Waals surface area contributed by atoms with Crippen LogP contribution in [-0.4, -0.2) is 45.8 Å². The summed E-state index contributed by atoms with van der Waals surface area (Å²) < 4.78 is 0.973. The molecule has 0 bridgehead atoms. The number of rotatable bonds is 2. The lowest BCUT2D eigenvalue weighted by molar-refractivity contribution is -0.141. The number of aliphatic hydroxyl groups is 1. The number of carbonyl (C=O) groups excluding carboxylic acids is 1. The number of aliphatic hydroxyl groups excluding tert-OH is 1. The second kappa shape index (κ2) is 6.03. The quantitative estimate of drug-likeness (QED) is 0.756. The average Bonchev–Trinajstić information content (AvgIpc) is 2.78. The number of amides is 2. The summed E-state index contributed by atoms with van der Waals surface area (Å²) in [6, 6.07) is 2.10. The molecule has 0 spiro atoms. The molecule has 1 aliphatic heterocycles. The lowest BCUT2D eigenvalue weighted by atomic mass is 10.1. The summed E-state index contributed by atoms with van der Waals surface area (Å²) in [7, 11) is 0. The maximum absolute atomic E-state index is 12.2. The average molecular weight is 357 g/mol. The van der Waals surface area contributed by atoms with Crippen LogP contribution in [0.4, 0.5) is 10.5 Å². The van der Waals surface area contributed by atoms with Crippen molar-refractivity contribution in [1.82, 2.24) is 4.90 Å². The van der Waals surface area contributed by atoms with Gasteiger partial charge in [0, 0.05) is 23.1 Å². The zero-order valence-corrected chi connectivity index (χ0v) is 13.3. The van der Waals surface area contributed by atoms with E-state index in [1.807, 2.05) is 13.8 Å². The van der Waals surface area contributed by atoms with E-state index in [0.717, 1.165) is 20.5 Å². The first-order chi connectivity index (χ1) is 9.79. The maximum Gasteiger partial charge on any atom is 0.326 e. The maximum atomic E-state index is 12.2. The number of carbonyl (C=O) groups is 2. The van der Waals surface area contributed by atoms with Crippen molar-refractivity contribution < 1.29 is 19.8 Å². The third kappa shape index (κ3) is 3.36. The number of urea groups is 1. The lowest BCUT2D eigenvalue weighted by Crippen LogP contribution is -2.43. The van der Waals surface area contributed by atoms with Gasteiger partial charge in [0.15, 0.2) is 0 Å². The van der Waals surface area contributed by atoms with Crippen molar-refractivity contribution in [2.24, 2.45) is 0 Å². The molecule has 2 atom stereocenters. The molecule has 1 unspecified atom stereocenters. The van der Waals surface area contributed by atoms with E-state index in [1.165, 1.54) is 0 Å². The van der Waals surface area contributed by atoms with Crippen molar-refractivity contribution >= 4 is 33.6 Å². The van der Waals surface area contributed by atoms with Gasteiger partial charge < -0.3 is 20.4 Å². The summed E-state index contributed by atoms with van der Waals surface area (Å²) >= 11 is 3.45. The van der Waals surface area contributed by atoms with Crippen molar-refractivity contribution in [2.45, 2.75) is 32.4 Å². The third-order valence-electron chi connectivity index (χ3n) is 3.51. The number of carboxylic acid groups (broad SMARTS) is 1. The van der Waals surface area contributed by atoms with Gasteiger partial charge in [-0.1, -0.05) is 15.9 Å². The molecule has 2 amide bonds. The molecule has 0 aromatic heterocycles. The molecule has 0 aliphatic carbocycles. The molecule has 0 radical (unpaired) electrons. The molecule has 1 fully saturated rings. The van der Waals surface area contributed by atoms with Gasteiger partial charge in [0.2, 0.25) is 0 Å². The van der Waals surface area contributed by atoms with E-state index in [-0.39, 0.29) is 13.0 Å². The van der Waals surface area contributed by atoms with Crippen molar-refractivity contribution in [3.05, 3.63) is 27.7 Å². The molecule has 2 rings (SSSR count). The van der Waals surface area contributed by atoms with E-state index < -0.39 is 24.1 Å². The predicted octanol–water partition coefficient (Wildman–Crippen LogP) is 2.12. The summed E-state index contributed by atoms with van der Waals surface area (Å²) in [4.78, 5) is 24.5. The van der Waals surface area contributed by atoms with Crippen molar-refractivity contribution in [2.75, 3.05) is 11.9 Å². The van der Waals surface area contributed by atoms with Crippen LogP contribution in [0.25, 0.3) is 0 Å². The van der Waals surface area contributed by atoms with Crippen LogP contribution in [0, 0.1) is 13.8 Å². The van der Waals surface area contributed by atoms with Crippen LogP contribution < -0.4 is 5.32 Å². The van der Waals surface area contributed by atoms with Crippen LogP contribution >= 0.6 is 15.9 Å². The minimum absolute atomic E-state index is 0.0251. The summed E-state index contributed by atoms with van der Waals surface area (Å²) in [6.45, 7) is 3.84. The highest BCUT2D eigenvalue weighted by Crippen LogP contribution is 2.26. The molecule has 6 nitrogen and oxygen atoms in total. The molecule has 3 N–H and O–H groups in total. The third-order valence-corrected chi connectivity index (χ3v) is 4.76. The van der Waals surface area contributed by atoms with Gasteiger partial charge in [-0.15, -0.1) is 0 Å². The molecule has 1 aromatic rings. The number of halogens is 1. The number of nitrogens with zero attached hydrogens (tertiary/aromatic N) is 1. The Hall–Kier alpha value is -1.60. The molecule has 1 aliphatic rings. The minimum atomic E-state index is -1.11. The van der Waals surface area contributed by atoms with E-state index in [1.54, 1.807) is 12.1 Å². The molecule has 7 heteroatoms. The van der Waals surface area contributed by atoms with Crippen molar-refractivity contribution in [1.29, 1.82) is 0 Å². The van der Waals surface area contributed by atoms with Gasteiger partial charge in [-0.05, 0) is 37.1 Å². The Morgan fingerprint density at radius 3 is 2.43 bits per heavy atom. The number of aryl methyl sites for hydroxylation is 2. The normalized spacial score (nSPS) is 21.4. The van der Waals surface area contributed by atoms with Gasteiger partial charge in [0.05, 0.1) is 6.10 Å². The van der Waals surface area contributed by atoms with Gasteiger partial charge in [-0.25, -0.2) is 9.59 Å². The number of β-amino-alcohol motifs (C(OH)–C–C–N with tert-alkyl or cyclic N) is 1. The smallest absolute Gasteiger partial charge is 0.326 e. The van der Waals surface area contributed by atoms with Crippen LogP contribution in [0.3, 0.4) is 0 Å². The molecule has 1 heterocycles. The monoisotopic (exact) mass is 356 g/mol. The highest BCUT2D eigenvalue weighted by molar-refractivity contribution is 9.10. The van der Waals surface area contributed by atoms with E-state index in [2.05, 4.69) is 21.2 Å². The van der Waals surface area contributed by atoms with Crippen molar-refractivity contribution in [3.63, 3.8) is 0 Å². The molecule has 21 heavy (non-hydrogen) atoms. The molecular formula is C14H17BrN2O4. The zero-order valence-electron chi connectivity index (χ0n) is 11.8. The largest absolute Gasteiger partial charge is 0.480 e. The Morgan fingerprint density at radius 2 is 1.90 bits per heavy atom. The summed E-state index contributed by atoms with van der Waals surface area (Å²) in [6.07, 6.45) is -0.744. The molecule has 1 saturated heterocycles. The first-order valence-corrected chi connectivity index (χ1v) is 7.34. The number of hydrogen-bond acceptors (Lipinski definition) is 3. The van der Waals surface area contributed by atoms with Crippen LogP contribution in [0.5, 0.6) is 0 Å². The Labute approximate surface area is 130 Å². The number of likely N-dealkylation sites (tertiary alicyclic amines) is 1. The van der Waals surface area contributed by atoms with E-state index in [0.29, 0.717) is 5.69 Å². The fraction of sp³-hybridized carbons (Fsp3) is 0.429. The SMILES string of the molecule is Cc1cc(NC(=O)N2CC(O)C[C@H]2C(=O)O)cc(C)c1Br. The summed E-state index contributed by atoms with van der Waals surface area (Å²) in [5, 5.41) is 21.4. The number of nitrogens with one attached hydrogen (secondary N) is 1. The van der Waals surface area contributed by atoms with Gasteiger partial charge in [0.25, 0.3) is 0 Å². The minimum Gasteiger partial charge on any atom is -0.480 e. The number of benzene rings is 1.